The molecule has 0 saturated carbocycles. The number of hydrogen-bond donors (Lipinski definition) is 1. The van der Waals surface area contributed by atoms with Crippen LogP contribution in [-0.4, -0.2) is 44.7 Å². The van der Waals surface area contributed by atoms with E-state index < -0.39 is 0 Å². The summed E-state index contributed by atoms with van der Waals surface area (Å²) in [5, 5.41) is 2.72. The fourth-order valence-corrected chi connectivity index (χ4v) is 1.22. The van der Waals surface area contributed by atoms with Gasteiger partial charge in [0.2, 0.25) is 5.91 Å². The van der Waals surface area contributed by atoms with E-state index in [0.717, 1.165) is 0 Å². The van der Waals surface area contributed by atoms with Crippen molar-refractivity contribution >= 4 is 11.7 Å². The molecule has 0 aromatic carbocycles. The van der Waals surface area contributed by atoms with Gasteiger partial charge in [0.05, 0.1) is 19.8 Å². The molecule has 5 nitrogen and oxygen atoms in total. The summed E-state index contributed by atoms with van der Waals surface area (Å²) in [5.74, 6) is 0.191. The van der Waals surface area contributed by atoms with Gasteiger partial charge in [-0.05, 0) is 6.92 Å². The molecule has 0 bridgehead atoms. The van der Waals surface area contributed by atoms with Gasteiger partial charge in [0.15, 0.2) is 0 Å². The molecule has 0 aromatic rings. The number of carbonyl (C=O) groups is 2. The van der Waals surface area contributed by atoms with Crippen molar-refractivity contribution in [2.75, 3.05) is 33.0 Å². The van der Waals surface area contributed by atoms with E-state index in [2.05, 4.69) is 5.32 Å². The predicted octanol–water partition coefficient (Wildman–Crippen LogP) is 1.41. The molecule has 0 aliphatic carbocycles. The first-order chi connectivity index (χ1) is 8.57. The number of amides is 1. The Labute approximate surface area is 111 Å². The number of rotatable bonds is 11. The van der Waals surface area contributed by atoms with Crippen LogP contribution in [-0.2, 0) is 19.1 Å². The molecule has 0 aliphatic rings. The van der Waals surface area contributed by atoms with Crippen molar-refractivity contribution in [3.8, 4) is 0 Å². The van der Waals surface area contributed by atoms with Crippen LogP contribution in [0, 0.1) is 5.92 Å². The summed E-state index contributed by atoms with van der Waals surface area (Å²) in [6.45, 7) is 8.11. The van der Waals surface area contributed by atoms with E-state index in [4.69, 9.17) is 9.47 Å². The topological polar surface area (TPSA) is 64.6 Å². The molecule has 5 heteroatoms. The highest BCUT2D eigenvalue weighted by Crippen LogP contribution is 1.98. The zero-order valence-corrected chi connectivity index (χ0v) is 11.7. The van der Waals surface area contributed by atoms with Crippen LogP contribution >= 0.6 is 0 Å². The molecule has 0 radical (unpaired) electrons. The van der Waals surface area contributed by atoms with Crippen molar-refractivity contribution in [1.29, 1.82) is 0 Å². The fourth-order valence-electron chi connectivity index (χ4n) is 1.22. The van der Waals surface area contributed by atoms with Gasteiger partial charge in [0.1, 0.15) is 5.78 Å². The third-order valence-electron chi connectivity index (χ3n) is 2.38. The van der Waals surface area contributed by atoms with Gasteiger partial charge in [-0.25, -0.2) is 0 Å². The Morgan fingerprint density at radius 3 is 2.39 bits per heavy atom. The van der Waals surface area contributed by atoms with E-state index in [-0.39, 0.29) is 19.0 Å². The minimum absolute atomic E-state index is 0. The highest BCUT2D eigenvalue weighted by molar-refractivity contribution is 5.80. The molecule has 0 aliphatic heterocycles. The van der Waals surface area contributed by atoms with Gasteiger partial charge in [-0.3, -0.25) is 9.59 Å². The quantitative estimate of drug-likeness (QED) is 0.571. The van der Waals surface area contributed by atoms with E-state index >= 15 is 0 Å². The molecule has 0 saturated heterocycles. The lowest BCUT2D eigenvalue weighted by atomic mass is 10.1. The van der Waals surface area contributed by atoms with Crippen LogP contribution < -0.4 is 5.32 Å². The van der Waals surface area contributed by atoms with Gasteiger partial charge in [-0.15, -0.1) is 0 Å². The number of nitrogens with one attached hydrogen (secondary N) is 1. The summed E-state index contributed by atoms with van der Waals surface area (Å²) in [6, 6.07) is 0. The molecule has 0 aromatic heterocycles. The largest absolute Gasteiger partial charge is 0.380 e. The second-order valence-electron chi connectivity index (χ2n) is 4.28. The lowest BCUT2D eigenvalue weighted by Gasteiger charge is -2.07. The molecule has 0 atom stereocenters. The number of ether oxygens (including phenoxy) is 2. The first kappa shape index (κ1) is 17.1. The van der Waals surface area contributed by atoms with E-state index in [1.54, 1.807) is 0 Å². The summed E-state index contributed by atoms with van der Waals surface area (Å²) >= 11 is 0. The lowest BCUT2D eigenvalue weighted by molar-refractivity contribution is -0.123. The molecule has 1 N–H and O–H groups in total. The molecular weight excluding hydrogens is 234 g/mol. The highest BCUT2D eigenvalue weighted by atomic mass is 16.5. The average molecular weight is 261 g/mol. The Balaban J connectivity index is 0. The second-order valence-corrected chi connectivity index (χ2v) is 4.28. The van der Waals surface area contributed by atoms with Crippen molar-refractivity contribution in [2.24, 2.45) is 5.92 Å². The van der Waals surface area contributed by atoms with Gasteiger partial charge in [0.25, 0.3) is 0 Å². The Morgan fingerprint density at radius 1 is 1.11 bits per heavy atom. The third-order valence-corrected chi connectivity index (χ3v) is 2.38. The fraction of sp³-hybridized carbons (Fsp3) is 0.846. The summed E-state index contributed by atoms with van der Waals surface area (Å²) in [6.07, 6.45) is 0.742. The molecule has 108 valence electrons. The SMILES string of the molecule is CCOCCNC(=O)CCOCCC(=O)C(C)C.[HH]. The third kappa shape index (κ3) is 10.2. The lowest BCUT2D eigenvalue weighted by Crippen LogP contribution is -2.28. The van der Waals surface area contributed by atoms with Gasteiger partial charge >= 0.3 is 0 Å². The Kier molecular flexibility index (Phi) is 10.6. The summed E-state index contributed by atoms with van der Waals surface area (Å²) < 4.78 is 10.3. The smallest absolute Gasteiger partial charge is 0.222 e. The molecule has 0 heterocycles. The first-order valence-electron chi connectivity index (χ1n) is 6.52. The van der Waals surface area contributed by atoms with Gasteiger partial charge in [-0.1, -0.05) is 13.8 Å². The number of hydrogen-bond acceptors (Lipinski definition) is 4. The Bertz CT molecular complexity index is 247. The molecule has 0 fully saturated rings. The molecule has 0 rings (SSSR count). The summed E-state index contributed by atoms with van der Waals surface area (Å²) in [4.78, 5) is 22.6. The maximum absolute atomic E-state index is 11.3. The first-order valence-corrected chi connectivity index (χ1v) is 6.52. The predicted molar refractivity (Wildman–Crippen MR) is 71.5 cm³/mol. The summed E-state index contributed by atoms with van der Waals surface area (Å²) in [7, 11) is 0. The van der Waals surface area contributed by atoms with Crippen LogP contribution in [0.1, 0.15) is 35.0 Å². The average Bonchev–Trinajstić information content (AvgIpc) is 2.33. The number of carbonyl (C=O) groups excluding carboxylic acids is 2. The Morgan fingerprint density at radius 2 is 1.78 bits per heavy atom. The highest BCUT2D eigenvalue weighted by Gasteiger charge is 2.06. The van der Waals surface area contributed by atoms with Crippen LogP contribution in [0.4, 0.5) is 0 Å². The molecule has 0 spiro atoms. The van der Waals surface area contributed by atoms with Crippen LogP contribution in [0.25, 0.3) is 0 Å². The minimum Gasteiger partial charge on any atom is -0.380 e. The molecule has 0 unspecified atom stereocenters. The zero-order chi connectivity index (χ0) is 13.8. The van der Waals surface area contributed by atoms with Gasteiger partial charge in [-0.2, -0.15) is 0 Å². The van der Waals surface area contributed by atoms with Crippen molar-refractivity contribution in [2.45, 2.75) is 33.6 Å². The zero-order valence-electron chi connectivity index (χ0n) is 11.7. The molecular formula is C13H27NO4. The molecule has 18 heavy (non-hydrogen) atoms. The standard InChI is InChI=1S/C13H25NO4.H2/c1-4-17-10-7-14-13(16)6-9-18-8-5-12(15)11(2)3;/h11H,4-10H2,1-3H3,(H,14,16);1H. The Hall–Kier alpha value is -0.940. The van der Waals surface area contributed by atoms with E-state index in [9.17, 15) is 9.59 Å². The van der Waals surface area contributed by atoms with Crippen molar-refractivity contribution in [1.82, 2.24) is 5.32 Å². The van der Waals surface area contributed by atoms with Crippen molar-refractivity contribution < 1.29 is 20.5 Å². The van der Waals surface area contributed by atoms with E-state index in [1.807, 2.05) is 20.8 Å². The monoisotopic (exact) mass is 261 g/mol. The van der Waals surface area contributed by atoms with Crippen LogP contribution in [0.3, 0.4) is 0 Å². The number of ketones is 1. The number of Topliss-reactive ketones (excluding diaryl/α,β-unsaturated/α-hetero) is 1. The van der Waals surface area contributed by atoms with Gasteiger partial charge in [0, 0.05) is 33.3 Å². The van der Waals surface area contributed by atoms with Crippen molar-refractivity contribution in [3.63, 3.8) is 0 Å². The maximum Gasteiger partial charge on any atom is 0.222 e. The molecule has 1 amide bonds. The van der Waals surface area contributed by atoms with Crippen LogP contribution in [0.5, 0.6) is 0 Å². The minimum atomic E-state index is -0.0510. The van der Waals surface area contributed by atoms with E-state index in [1.165, 1.54) is 0 Å². The summed E-state index contributed by atoms with van der Waals surface area (Å²) in [5.41, 5.74) is 0. The second kappa shape index (κ2) is 11.2. The maximum atomic E-state index is 11.3. The van der Waals surface area contributed by atoms with Crippen LogP contribution in [0.15, 0.2) is 0 Å². The van der Waals surface area contributed by atoms with Crippen LogP contribution in [0.2, 0.25) is 0 Å². The van der Waals surface area contributed by atoms with Crippen molar-refractivity contribution in [3.05, 3.63) is 0 Å². The van der Waals surface area contributed by atoms with Gasteiger partial charge < -0.3 is 14.8 Å². The van der Waals surface area contributed by atoms with E-state index in [0.29, 0.717) is 45.8 Å². The normalized spacial score (nSPS) is 10.7.